The lowest BCUT2D eigenvalue weighted by Crippen LogP contribution is -2.32. The second-order valence-corrected chi connectivity index (χ2v) is 9.24. The van der Waals surface area contributed by atoms with E-state index in [9.17, 15) is 5.11 Å². The minimum Gasteiger partial charge on any atom is -0.491 e. The standard InChI is InChI=1S/C25H36O3S/c1-8-25(9-2,20-12-15-22(28-29-7)18(3)16-20)19-10-13-21(14-11-19)27-17-23(26)24(4,5)6/h10-16,23,26H,8-9,17H2,1-7H3. The van der Waals surface area contributed by atoms with Crippen LogP contribution < -0.4 is 8.92 Å². The molecule has 0 saturated carbocycles. The lowest BCUT2D eigenvalue weighted by Gasteiger charge is -2.34. The first-order valence-corrected chi connectivity index (χ1v) is 11.6. The molecule has 29 heavy (non-hydrogen) atoms. The second-order valence-electron chi connectivity index (χ2n) is 8.74. The number of benzene rings is 2. The lowest BCUT2D eigenvalue weighted by molar-refractivity contribution is 0.0218. The monoisotopic (exact) mass is 416 g/mol. The SMILES string of the molecule is CCC(CC)(c1ccc(OCC(O)C(C)(C)C)cc1)c1ccc(OSC)c(C)c1. The summed E-state index contributed by atoms with van der Waals surface area (Å²) in [5.41, 5.74) is 3.50. The van der Waals surface area contributed by atoms with E-state index in [-0.39, 0.29) is 10.8 Å². The predicted molar refractivity (Wildman–Crippen MR) is 124 cm³/mol. The highest BCUT2D eigenvalue weighted by molar-refractivity contribution is 7.94. The van der Waals surface area contributed by atoms with E-state index < -0.39 is 6.10 Å². The molecule has 1 atom stereocenters. The Bertz CT molecular complexity index is 774. The zero-order valence-electron chi connectivity index (χ0n) is 18.9. The van der Waals surface area contributed by atoms with Gasteiger partial charge < -0.3 is 14.0 Å². The van der Waals surface area contributed by atoms with Gasteiger partial charge in [-0.05, 0) is 60.1 Å². The van der Waals surface area contributed by atoms with Crippen molar-refractivity contribution in [1.29, 1.82) is 0 Å². The smallest absolute Gasteiger partial charge is 0.140 e. The first kappa shape index (κ1) is 23.6. The van der Waals surface area contributed by atoms with Crippen LogP contribution in [-0.2, 0) is 5.41 Å². The fraction of sp³-hybridized carbons (Fsp3) is 0.520. The van der Waals surface area contributed by atoms with Crippen LogP contribution in [0.5, 0.6) is 11.5 Å². The molecule has 2 rings (SSSR count). The van der Waals surface area contributed by atoms with Crippen molar-refractivity contribution in [2.24, 2.45) is 5.41 Å². The van der Waals surface area contributed by atoms with Crippen LogP contribution in [0.4, 0.5) is 0 Å². The summed E-state index contributed by atoms with van der Waals surface area (Å²) in [6, 6.07) is 14.9. The van der Waals surface area contributed by atoms with Gasteiger partial charge in [0.15, 0.2) is 0 Å². The quantitative estimate of drug-likeness (QED) is 0.471. The summed E-state index contributed by atoms with van der Waals surface area (Å²) in [4.78, 5) is 0. The molecule has 0 heterocycles. The molecule has 0 bridgehead atoms. The molecular formula is C25H36O3S. The van der Waals surface area contributed by atoms with Crippen LogP contribution in [0.1, 0.15) is 64.2 Å². The molecule has 0 fully saturated rings. The maximum atomic E-state index is 10.2. The van der Waals surface area contributed by atoms with Gasteiger partial charge in [-0.1, -0.05) is 58.9 Å². The van der Waals surface area contributed by atoms with Crippen molar-refractivity contribution in [3.05, 3.63) is 59.2 Å². The Morgan fingerprint density at radius 2 is 1.55 bits per heavy atom. The maximum absolute atomic E-state index is 10.2. The highest BCUT2D eigenvalue weighted by Gasteiger charge is 2.31. The summed E-state index contributed by atoms with van der Waals surface area (Å²) < 4.78 is 11.5. The molecule has 0 amide bonds. The van der Waals surface area contributed by atoms with Crippen LogP contribution in [0, 0.1) is 12.3 Å². The average molecular weight is 417 g/mol. The molecule has 0 saturated heterocycles. The average Bonchev–Trinajstić information content (AvgIpc) is 2.69. The number of ether oxygens (including phenoxy) is 1. The van der Waals surface area contributed by atoms with E-state index in [1.54, 1.807) is 0 Å². The molecule has 1 N–H and O–H groups in total. The van der Waals surface area contributed by atoms with E-state index >= 15 is 0 Å². The van der Waals surface area contributed by atoms with E-state index in [1.165, 1.54) is 23.2 Å². The molecule has 0 aliphatic heterocycles. The fourth-order valence-electron chi connectivity index (χ4n) is 3.66. The fourth-order valence-corrected chi connectivity index (χ4v) is 4.03. The predicted octanol–water partition coefficient (Wildman–Crippen LogP) is 6.54. The van der Waals surface area contributed by atoms with Gasteiger partial charge in [-0.15, -0.1) is 0 Å². The zero-order valence-corrected chi connectivity index (χ0v) is 19.7. The van der Waals surface area contributed by atoms with Gasteiger partial charge in [0.2, 0.25) is 0 Å². The normalized spacial score (nSPS) is 13.2. The number of hydrogen-bond donors (Lipinski definition) is 1. The third-order valence-corrected chi connectivity index (χ3v) is 6.27. The van der Waals surface area contributed by atoms with Crippen molar-refractivity contribution in [2.45, 2.75) is 65.9 Å². The Morgan fingerprint density at radius 1 is 0.966 bits per heavy atom. The van der Waals surface area contributed by atoms with Crippen LogP contribution in [0.25, 0.3) is 0 Å². The molecular weight excluding hydrogens is 380 g/mol. The van der Waals surface area contributed by atoms with E-state index in [2.05, 4.69) is 51.1 Å². The third-order valence-electron chi connectivity index (χ3n) is 5.92. The number of aryl methyl sites for hydroxylation is 1. The van der Waals surface area contributed by atoms with Gasteiger partial charge in [-0.2, -0.15) is 0 Å². The highest BCUT2D eigenvalue weighted by atomic mass is 32.2. The van der Waals surface area contributed by atoms with Gasteiger partial charge >= 0.3 is 0 Å². The molecule has 160 valence electrons. The number of rotatable bonds is 9. The van der Waals surface area contributed by atoms with Crippen LogP contribution >= 0.6 is 12.0 Å². The molecule has 0 aromatic heterocycles. The Labute approximate surface area is 181 Å². The first-order chi connectivity index (χ1) is 13.7. The topological polar surface area (TPSA) is 38.7 Å². The Hall–Kier alpha value is -1.65. The minimum atomic E-state index is -0.502. The van der Waals surface area contributed by atoms with E-state index in [0.717, 1.165) is 29.9 Å². The first-order valence-electron chi connectivity index (χ1n) is 10.4. The van der Waals surface area contributed by atoms with Gasteiger partial charge in [0.25, 0.3) is 0 Å². The summed E-state index contributed by atoms with van der Waals surface area (Å²) >= 11 is 1.37. The molecule has 1 unspecified atom stereocenters. The number of aliphatic hydroxyl groups excluding tert-OH is 1. The Kier molecular flexibility index (Phi) is 8.07. The number of aliphatic hydroxyl groups is 1. The van der Waals surface area contributed by atoms with Crippen molar-refractivity contribution in [1.82, 2.24) is 0 Å². The van der Waals surface area contributed by atoms with Crippen molar-refractivity contribution in [2.75, 3.05) is 12.9 Å². The van der Waals surface area contributed by atoms with E-state index in [0.29, 0.717) is 6.61 Å². The van der Waals surface area contributed by atoms with Gasteiger partial charge in [-0.3, -0.25) is 0 Å². The molecule has 0 aliphatic carbocycles. The van der Waals surface area contributed by atoms with Crippen molar-refractivity contribution in [3.8, 4) is 11.5 Å². The zero-order chi connectivity index (χ0) is 21.7. The summed E-state index contributed by atoms with van der Waals surface area (Å²) in [7, 11) is 0. The van der Waals surface area contributed by atoms with Crippen molar-refractivity contribution >= 4 is 12.0 Å². The summed E-state index contributed by atoms with van der Waals surface area (Å²) in [5, 5.41) is 10.2. The summed E-state index contributed by atoms with van der Waals surface area (Å²) in [5.74, 6) is 1.71. The van der Waals surface area contributed by atoms with Crippen molar-refractivity contribution < 1.29 is 14.0 Å². The third kappa shape index (κ3) is 5.49. The van der Waals surface area contributed by atoms with Crippen LogP contribution in [0.15, 0.2) is 42.5 Å². The molecule has 2 aromatic rings. The summed E-state index contributed by atoms with van der Waals surface area (Å²) in [6.45, 7) is 12.9. The Balaban J connectivity index is 2.27. The highest BCUT2D eigenvalue weighted by Crippen LogP contribution is 2.41. The van der Waals surface area contributed by atoms with Crippen LogP contribution in [0.3, 0.4) is 0 Å². The molecule has 4 heteroatoms. The molecule has 3 nitrogen and oxygen atoms in total. The maximum Gasteiger partial charge on any atom is 0.140 e. The van der Waals surface area contributed by atoms with Crippen LogP contribution in [0.2, 0.25) is 0 Å². The number of hydrogen-bond acceptors (Lipinski definition) is 4. The lowest BCUT2D eigenvalue weighted by atomic mass is 9.70. The van der Waals surface area contributed by atoms with Gasteiger partial charge in [0.05, 0.1) is 18.1 Å². The van der Waals surface area contributed by atoms with Crippen LogP contribution in [-0.4, -0.2) is 24.1 Å². The minimum absolute atomic E-state index is 0.0495. The van der Waals surface area contributed by atoms with E-state index in [1.807, 2.05) is 39.2 Å². The summed E-state index contributed by atoms with van der Waals surface area (Å²) in [6.07, 6.45) is 3.45. The van der Waals surface area contributed by atoms with Gasteiger partial charge in [-0.25, -0.2) is 0 Å². The Morgan fingerprint density at radius 3 is 2.03 bits per heavy atom. The van der Waals surface area contributed by atoms with Crippen molar-refractivity contribution in [3.63, 3.8) is 0 Å². The van der Waals surface area contributed by atoms with Gasteiger partial charge in [0.1, 0.15) is 18.1 Å². The molecule has 0 aliphatic rings. The largest absolute Gasteiger partial charge is 0.491 e. The molecule has 2 aromatic carbocycles. The second kappa shape index (κ2) is 9.90. The van der Waals surface area contributed by atoms with E-state index in [4.69, 9.17) is 8.92 Å². The molecule has 0 spiro atoms. The molecule has 0 radical (unpaired) electrons. The van der Waals surface area contributed by atoms with Gasteiger partial charge in [0, 0.05) is 11.7 Å².